The molecule has 1 aliphatic rings. The van der Waals surface area contributed by atoms with E-state index in [-0.39, 0.29) is 11.7 Å². The molecule has 0 spiro atoms. The monoisotopic (exact) mass is 290 g/mol. The number of thiophene rings is 1. The lowest BCUT2D eigenvalue weighted by Gasteiger charge is -2.05. The number of nitrogens with one attached hydrogen (secondary N) is 1. The maximum Gasteiger partial charge on any atom is 0.261 e. The van der Waals surface area contributed by atoms with E-state index >= 15 is 0 Å². The fraction of sp³-hybridized carbons (Fsp3) is 0.385. The van der Waals surface area contributed by atoms with Crippen molar-refractivity contribution in [2.24, 2.45) is 0 Å². The molecule has 7 heteroatoms. The van der Waals surface area contributed by atoms with Crippen molar-refractivity contribution in [1.82, 2.24) is 20.1 Å². The number of amides is 1. The summed E-state index contributed by atoms with van der Waals surface area (Å²) >= 11 is 1.27. The third kappa shape index (κ3) is 2.62. The Hall–Kier alpha value is -2.02. The summed E-state index contributed by atoms with van der Waals surface area (Å²) in [6.45, 7) is 1.84. The molecule has 0 atom stereocenters. The molecule has 0 aliphatic heterocycles. The number of carbonyl (C=O) groups is 2. The Balaban J connectivity index is 1.63. The molecule has 0 saturated heterocycles. The number of carbonyl (C=O) groups excluding carboxylic acids is 2. The van der Waals surface area contributed by atoms with Crippen LogP contribution in [-0.4, -0.2) is 26.5 Å². The molecule has 0 radical (unpaired) electrons. The van der Waals surface area contributed by atoms with Crippen molar-refractivity contribution in [3.63, 3.8) is 0 Å². The van der Waals surface area contributed by atoms with E-state index in [4.69, 9.17) is 0 Å². The summed E-state index contributed by atoms with van der Waals surface area (Å²) < 4.78 is 2.01. The minimum absolute atomic E-state index is 0.0335. The first-order valence-corrected chi connectivity index (χ1v) is 7.29. The molecular formula is C13H14N4O2S. The number of ketones is 1. The minimum atomic E-state index is -0.187. The van der Waals surface area contributed by atoms with Crippen LogP contribution in [0.15, 0.2) is 17.8 Å². The lowest BCUT2D eigenvalue weighted by molar-refractivity contribution is 0.0953. The lowest BCUT2D eigenvalue weighted by atomic mass is 10.2. The van der Waals surface area contributed by atoms with Crippen LogP contribution in [0.4, 0.5) is 0 Å². The first-order chi connectivity index (χ1) is 9.65. The summed E-state index contributed by atoms with van der Waals surface area (Å²) in [6.07, 6.45) is 4.00. The molecule has 1 saturated carbocycles. The van der Waals surface area contributed by atoms with Crippen LogP contribution in [0.25, 0.3) is 0 Å². The minimum Gasteiger partial charge on any atom is -0.344 e. The van der Waals surface area contributed by atoms with Crippen molar-refractivity contribution >= 4 is 23.0 Å². The van der Waals surface area contributed by atoms with Crippen LogP contribution in [0.2, 0.25) is 0 Å². The van der Waals surface area contributed by atoms with Crippen molar-refractivity contribution in [1.29, 1.82) is 0 Å². The second-order valence-corrected chi connectivity index (χ2v) is 5.74. The van der Waals surface area contributed by atoms with Crippen molar-refractivity contribution in [2.75, 3.05) is 0 Å². The van der Waals surface area contributed by atoms with E-state index in [1.54, 1.807) is 17.8 Å². The van der Waals surface area contributed by atoms with Gasteiger partial charge in [0.05, 0.1) is 11.4 Å². The Morgan fingerprint density at radius 2 is 2.30 bits per heavy atom. The van der Waals surface area contributed by atoms with Crippen molar-refractivity contribution < 1.29 is 9.59 Å². The van der Waals surface area contributed by atoms with Crippen molar-refractivity contribution in [3.8, 4) is 0 Å². The molecule has 2 heterocycles. The van der Waals surface area contributed by atoms with Crippen LogP contribution < -0.4 is 5.32 Å². The second-order valence-electron chi connectivity index (χ2n) is 4.82. The van der Waals surface area contributed by atoms with E-state index in [0.29, 0.717) is 23.0 Å². The number of Topliss-reactive ketones (excluding diaryl/α,β-unsaturated/α-hetero) is 1. The highest BCUT2D eigenvalue weighted by atomic mass is 32.1. The van der Waals surface area contributed by atoms with Gasteiger partial charge >= 0.3 is 0 Å². The van der Waals surface area contributed by atoms with Gasteiger partial charge in [0.25, 0.3) is 5.91 Å². The number of hydrogen-bond donors (Lipinski definition) is 1. The van der Waals surface area contributed by atoms with Crippen LogP contribution in [0.3, 0.4) is 0 Å². The van der Waals surface area contributed by atoms with Gasteiger partial charge in [-0.2, -0.15) is 0 Å². The molecule has 1 amide bonds. The van der Waals surface area contributed by atoms with Crippen molar-refractivity contribution in [3.05, 3.63) is 34.0 Å². The van der Waals surface area contributed by atoms with E-state index in [9.17, 15) is 9.59 Å². The van der Waals surface area contributed by atoms with Gasteiger partial charge in [0.1, 0.15) is 6.33 Å². The Morgan fingerprint density at radius 3 is 2.95 bits per heavy atom. The van der Waals surface area contributed by atoms with Gasteiger partial charge in [0, 0.05) is 17.0 Å². The molecule has 1 fully saturated rings. The Morgan fingerprint density at radius 1 is 1.50 bits per heavy atom. The molecule has 1 aliphatic carbocycles. The van der Waals surface area contributed by atoms with Crippen LogP contribution in [-0.2, 0) is 6.54 Å². The van der Waals surface area contributed by atoms with Gasteiger partial charge < -0.3 is 9.88 Å². The first-order valence-electron chi connectivity index (χ1n) is 6.41. The van der Waals surface area contributed by atoms with Crippen LogP contribution in [0.5, 0.6) is 0 Å². The number of nitrogens with zero attached hydrogens (tertiary/aromatic N) is 3. The van der Waals surface area contributed by atoms with Gasteiger partial charge in [-0.05, 0) is 25.8 Å². The summed E-state index contributed by atoms with van der Waals surface area (Å²) in [5.74, 6) is 0.547. The molecule has 104 valence electrons. The molecule has 0 bridgehead atoms. The van der Waals surface area contributed by atoms with Gasteiger partial charge in [0.15, 0.2) is 11.6 Å². The van der Waals surface area contributed by atoms with Gasteiger partial charge in [-0.3, -0.25) is 9.59 Å². The fourth-order valence-electron chi connectivity index (χ4n) is 1.94. The Bertz CT molecular complexity index is 657. The fourth-order valence-corrected chi connectivity index (χ4v) is 2.80. The zero-order valence-electron chi connectivity index (χ0n) is 11.0. The van der Waals surface area contributed by atoms with E-state index < -0.39 is 0 Å². The standard InChI is InChI=1S/C13H14N4O2S/c1-8(18)9-4-11(20-6-9)13(19)14-5-12-16-15-7-17(12)10-2-3-10/h4,6-7,10H,2-3,5H2,1H3,(H,14,19). The molecule has 0 aromatic carbocycles. The van der Waals surface area contributed by atoms with Gasteiger partial charge in [-0.15, -0.1) is 21.5 Å². The topological polar surface area (TPSA) is 76.9 Å². The molecular weight excluding hydrogens is 276 g/mol. The molecule has 2 aromatic heterocycles. The molecule has 1 N–H and O–H groups in total. The zero-order valence-corrected chi connectivity index (χ0v) is 11.8. The summed E-state index contributed by atoms with van der Waals surface area (Å²) in [5, 5.41) is 12.4. The molecule has 3 rings (SSSR count). The predicted molar refractivity (Wildman–Crippen MR) is 73.8 cm³/mol. The summed E-state index contributed by atoms with van der Waals surface area (Å²) in [5.41, 5.74) is 0.571. The second kappa shape index (κ2) is 5.16. The average Bonchev–Trinajstić information content (AvgIpc) is 2.97. The van der Waals surface area contributed by atoms with Crippen molar-refractivity contribution in [2.45, 2.75) is 32.4 Å². The molecule has 2 aromatic rings. The van der Waals surface area contributed by atoms with E-state index in [2.05, 4.69) is 15.5 Å². The highest BCUT2D eigenvalue weighted by Crippen LogP contribution is 2.35. The Kier molecular flexibility index (Phi) is 3.35. The SMILES string of the molecule is CC(=O)c1csc(C(=O)NCc2nncn2C2CC2)c1. The van der Waals surface area contributed by atoms with Crippen LogP contribution in [0, 0.1) is 0 Å². The molecule has 20 heavy (non-hydrogen) atoms. The lowest BCUT2D eigenvalue weighted by Crippen LogP contribution is -2.23. The summed E-state index contributed by atoms with van der Waals surface area (Å²) in [4.78, 5) is 23.7. The maximum atomic E-state index is 12.0. The zero-order chi connectivity index (χ0) is 14.1. The van der Waals surface area contributed by atoms with Gasteiger partial charge in [-0.25, -0.2) is 0 Å². The van der Waals surface area contributed by atoms with Gasteiger partial charge in [0.2, 0.25) is 0 Å². The Labute approximate surface area is 119 Å². The van der Waals surface area contributed by atoms with E-state index in [1.807, 2.05) is 4.57 Å². The third-order valence-corrected chi connectivity index (χ3v) is 4.15. The quantitative estimate of drug-likeness (QED) is 0.852. The van der Waals surface area contributed by atoms with Crippen LogP contribution >= 0.6 is 11.3 Å². The third-order valence-electron chi connectivity index (χ3n) is 3.22. The van der Waals surface area contributed by atoms with Crippen LogP contribution in [0.1, 0.15) is 51.7 Å². The first kappa shape index (κ1) is 13.0. The average molecular weight is 290 g/mol. The summed E-state index contributed by atoms with van der Waals surface area (Å²) in [6, 6.07) is 2.11. The normalized spacial score (nSPS) is 14.2. The number of hydrogen-bond acceptors (Lipinski definition) is 5. The maximum absolute atomic E-state index is 12.0. The predicted octanol–water partition coefficient (Wildman–Crippen LogP) is 1.81. The molecule has 0 unspecified atom stereocenters. The molecule has 6 nitrogen and oxygen atoms in total. The highest BCUT2D eigenvalue weighted by molar-refractivity contribution is 7.12. The smallest absolute Gasteiger partial charge is 0.261 e. The van der Waals surface area contributed by atoms with Gasteiger partial charge in [-0.1, -0.05) is 0 Å². The summed E-state index contributed by atoms with van der Waals surface area (Å²) in [7, 11) is 0. The number of aromatic nitrogens is 3. The van der Waals surface area contributed by atoms with E-state index in [1.165, 1.54) is 18.3 Å². The number of rotatable bonds is 5. The highest BCUT2D eigenvalue weighted by Gasteiger charge is 2.26. The van der Waals surface area contributed by atoms with E-state index in [0.717, 1.165) is 18.7 Å². The largest absolute Gasteiger partial charge is 0.344 e.